The molecule has 1 atom stereocenters. The van der Waals surface area contributed by atoms with Crippen molar-refractivity contribution in [2.24, 2.45) is 5.73 Å². The number of hydrogen-bond donors (Lipinski definition) is 1. The zero-order chi connectivity index (χ0) is 10.0. The third-order valence-electron chi connectivity index (χ3n) is 4.33. The first kappa shape index (κ1) is 10.4. The molecule has 0 aromatic heterocycles. The van der Waals surface area contributed by atoms with Crippen molar-refractivity contribution >= 4 is 0 Å². The van der Waals surface area contributed by atoms with Gasteiger partial charge in [-0.25, -0.2) is 0 Å². The molecular formula is C12H24N2. The van der Waals surface area contributed by atoms with Gasteiger partial charge in [0.25, 0.3) is 0 Å². The van der Waals surface area contributed by atoms with Crippen LogP contribution < -0.4 is 5.73 Å². The van der Waals surface area contributed by atoms with Crippen molar-refractivity contribution in [3.63, 3.8) is 0 Å². The van der Waals surface area contributed by atoms with Gasteiger partial charge in [0.2, 0.25) is 0 Å². The van der Waals surface area contributed by atoms with Gasteiger partial charge in [-0.15, -0.1) is 0 Å². The van der Waals surface area contributed by atoms with Crippen LogP contribution in [0.2, 0.25) is 0 Å². The van der Waals surface area contributed by atoms with E-state index >= 15 is 0 Å². The molecule has 1 saturated carbocycles. The van der Waals surface area contributed by atoms with Crippen LogP contribution >= 0.6 is 0 Å². The predicted octanol–water partition coefficient (Wildman–Crippen LogP) is 2.13. The molecule has 1 saturated heterocycles. The molecule has 1 aliphatic carbocycles. The van der Waals surface area contributed by atoms with Crippen LogP contribution in [0, 0.1) is 0 Å². The van der Waals surface area contributed by atoms with Crippen molar-refractivity contribution in [3.05, 3.63) is 0 Å². The fourth-order valence-electron chi connectivity index (χ4n) is 3.44. The summed E-state index contributed by atoms with van der Waals surface area (Å²) in [5.74, 6) is 0. The lowest BCUT2D eigenvalue weighted by Crippen LogP contribution is -2.57. The van der Waals surface area contributed by atoms with Crippen LogP contribution in [0.5, 0.6) is 0 Å². The van der Waals surface area contributed by atoms with E-state index in [2.05, 4.69) is 11.8 Å². The van der Waals surface area contributed by atoms with Gasteiger partial charge in [0, 0.05) is 18.1 Å². The largest absolute Gasteiger partial charge is 0.329 e. The molecule has 0 spiro atoms. The standard InChI is InChI=1S/C12H24N2/c1-11-6-2-5-9-14(11)12(10-13)7-3-4-8-12/h11H,2-10,13H2,1H3. The van der Waals surface area contributed by atoms with Gasteiger partial charge in [0.05, 0.1) is 0 Å². The summed E-state index contributed by atoms with van der Waals surface area (Å²) in [7, 11) is 0. The molecule has 2 fully saturated rings. The molecule has 2 aliphatic rings. The smallest absolute Gasteiger partial charge is 0.0334 e. The third-order valence-corrected chi connectivity index (χ3v) is 4.33. The second-order valence-electron chi connectivity index (χ2n) is 5.17. The molecule has 1 heterocycles. The molecule has 82 valence electrons. The van der Waals surface area contributed by atoms with Crippen molar-refractivity contribution in [2.45, 2.75) is 63.5 Å². The predicted molar refractivity (Wildman–Crippen MR) is 60.3 cm³/mol. The van der Waals surface area contributed by atoms with Gasteiger partial charge in [-0.2, -0.15) is 0 Å². The topological polar surface area (TPSA) is 29.3 Å². The lowest BCUT2D eigenvalue weighted by atomic mass is 9.89. The van der Waals surface area contributed by atoms with Crippen molar-refractivity contribution < 1.29 is 0 Å². The van der Waals surface area contributed by atoms with E-state index < -0.39 is 0 Å². The Balaban J connectivity index is 2.09. The maximum Gasteiger partial charge on any atom is 0.0334 e. The van der Waals surface area contributed by atoms with Gasteiger partial charge in [-0.1, -0.05) is 19.3 Å². The van der Waals surface area contributed by atoms with Gasteiger partial charge in [0.1, 0.15) is 0 Å². The van der Waals surface area contributed by atoms with Crippen LogP contribution in [0.15, 0.2) is 0 Å². The van der Waals surface area contributed by atoms with Crippen molar-refractivity contribution in [1.29, 1.82) is 0 Å². The average Bonchev–Trinajstić information content (AvgIpc) is 2.68. The number of likely N-dealkylation sites (tertiary alicyclic amines) is 1. The van der Waals surface area contributed by atoms with E-state index in [0.717, 1.165) is 12.6 Å². The molecule has 14 heavy (non-hydrogen) atoms. The van der Waals surface area contributed by atoms with Crippen LogP contribution in [-0.2, 0) is 0 Å². The number of rotatable bonds is 2. The maximum absolute atomic E-state index is 6.02. The van der Waals surface area contributed by atoms with Crippen LogP contribution in [0.3, 0.4) is 0 Å². The van der Waals surface area contributed by atoms with Crippen molar-refractivity contribution in [3.8, 4) is 0 Å². The molecule has 1 aliphatic heterocycles. The third kappa shape index (κ3) is 1.70. The first-order valence-electron chi connectivity index (χ1n) is 6.25. The minimum Gasteiger partial charge on any atom is -0.329 e. The highest BCUT2D eigenvalue weighted by atomic mass is 15.2. The number of hydrogen-bond acceptors (Lipinski definition) is 2. The Bertz CT molecular complexity index is 185. The molecule has 2 rings (SSSR count). The average molecular weight is 196 g/mol. The summed E-state index contributed by atoms with van der Waals surface area (Å²) < 4.78 is 0. The zero-order valence-corrected chi connectivity index (χ0v) is 9.47. The number of nitrogens with zero attached hydrogens (tertiary/aromatic N) is 1. The minimum absolute atomic E-state index is 0.389. The number of piperidine rings is 1. The Morgan fingerprint density at radius 2 is 1.93 bits per heavy atom. The monoisotopic (exact) mass is 196 g/mol. The van der Waals surface area contributed by atoms with Crippen molar-refractivity contribution in [2.75, 3.05) is 13.1 Å². The lowest BCUT2D eigenvalue weighted by molar-refractivity contribution is 0.0337. The fraction of sp³-hybridized carbons (Fsp3) is 1.00. The summed E-state index contributed by atoms with van der Waals surface area (Å²) in [6.07, 6.45) is 9.63. The van der Waals surface area contributed by atoms with E-state index in [0.29, 0.717) is 5.54 Å². The van der Waals surface area contributed by atoms with Crippen LogP contribution in [-0.4, -0.2) is 29.6 Å². The second kappa shape index (κ2) is 4.19. The Labute approximate surface area is 87.8 Å². The van der Waals surface area contributed by atoms with Gasteiger partial charge >= 0.3 is 0 Å². The van der Waals surface area contributed by atoms with Crippen molar-refractivity contribution in [1.82, 2.24) is 4.90 Å². The van der Waals surface area contributed by atoms with E-state index in [4.69, 9.17) is 5.73 Å². The van der Waals surface area contributed by atoms with E-state index in [9.17, 15) is 0 Å². The summed E-state index contributed by atoms with van der Waals surface area (Å²) in [5, 5.41) is 0. The molecular weight excluding hydrogens is 172 g/mol. The van der Waals surface area contributed by atoms with Gasteiger partial charge in [0.15, 0.2) is 0 Å². The summed E-state index contributed by atoms with van der Waals surface area (Å²) in [6, 6.07) is 0.769. The molecule has 0 amide bonds. The quantitative estimate of drug-likeness (QED) is 0.733. The Kier molecular flexibility index (Phi) is 3.13. The minimum atomic E-state index is 0.389. The zero-order valence-electron chi connectivity index (χ0n) is 9.47. The number of nitrogens with two attached hydrogens (primary N) is 1. The highest BCUT2D eigenvalue weighted by molar-refractivity contribution is 4.98. The van der Waals surface area contributed by atoms with Crippen LogP contribution in [0.1, 0.15) is 51.9 Å². The van der Waals surface area contributed by atoms with Crippen LogP contribution in [0.4, 0.5) is 0 Å². The lowest BCUT2D eigenvalue weighted by Gasteiger charge is -2.47. The Hall–Kier alpha value is -0.0800. The molecule has 2 heteroatoms. The first-order chi connectivity index (χ1) is 6.78. The van der Waals surface area contributed by atoms with Gasteiger partial charge in [-0.05, 0) is 39.2 Å². The second-order valence-corrected chi connectivity index (χ2v) is 5.17. The van der Waals surface area contributed by atoms with E-state index in [-0.39, 0.29) is 0 Å². The summed E-state index contributed by atoms with van der Waals surface area (Å²) in [6.45, 7) is 4.55. The molecule has 0 bridgehead atoms. The Morgan fingerprint density at radius 1 is 1.21 bits per heavy atom. The van der Waals surface area contributed by atoms with Gasteiger partial charge in [-0.3, -0.25) is 4.90 Å². The fourth-order valence-corrected chi connectivity index (χ4v) is 3.44. The van der Waals surface area contributed by atoms with Gasteiger partial charge < -0.3 is 5.73 Å². The Morgan fingerprint density at radius 3 is 2.50 bits per heavy atom. The molecule has 0 aromatic carbocycles. The highest BCUT2D eigenvalue weighted by Gasteiger charge is 2.40. The summed E-state index contributed by atoms with van der Waals surface area (Å²) in [4.78, 5) is 2.73. The molecule has 2 N–H and O–H groups in total. The van der Waals surface area contributed by atoms with E-state index in [1.807, 2.05) is 0 Å². The van der Waals surface area contributed by atoms with Crippen LogP contribution in [0.25, 0.3) is 0 Å². The summed E-state index contributed by atoms with van der Waals surface area (Å²) >= 11 is 0. The highest BCUT2D eigenvalue weighted by Crippen LogP contribution is 2.38. The van der Waals surface area contributed by atoms with E-state index in [1.54, 1.807) is 0 Å². The SMILES string of the molecule is CC1CCCCN1C1(CN)CCCC1. The first-order valence-corrected chi connectivity index (χ1v) is 6.25. The maximum atomic E-state index is 6.02. The molecule has 0 radical (unpaired) electrons. The molecule has 1 unspecified atom stereocenters. The summed E-state index contributed by atoms with van der Waals surface area (Å²) in [5.41, 5.74) is 6.41. The molecule has 0 aromatic rings. The normalized spacial score (nSPS) is 33.4. The molecule has 2 nitrogen and oxygen atoms in total. The van der Waals surface area contributed by atoms with E-state index in [1.165, 1.54) is 51.5 Å².